The van der Waals surface area contributed by atoms with E-state index in [1.54, 1.807) is 0 Å². The molecule has 0 aromatic rings. The summed E-state index contributed by atoms with van der Waals surface area (Å²) in [6.45, 7) is 1.92. The van der Waals surface area contributed by atoms with Crippen LogP contribution in [0.25, 0.3) is 0 Å². The van der Waals surface area contributed by atoms with Crippen molar-refractivity contribution in [2.45, 2.75) is 19.8 Å². The maximum Gasteiger partial charge on any atom is 0.142 e. The molecule has 0 saturated carbocycles. The molecule has 0 saturated heterocycles. The summed E-state index contributed by atoms with van der Waals surface area (Å²) in [7, 11) is 0. The van der Waals surface area contributed by atoms with E-state index in [1.165, 1.54) is 6.08 Å². The summed E-state index contributed by atoms with van der Waals surface area (Å²) in [6.07, 6.45) is 4.11. The Morgan fingerprint density at radius 1 is 1.44 bits per heavy atom. The lowest BCUT2D eigenvalue weighted by molar-refractivity contribution is -0.107. The minimum atomic E-state index is 0.384. The monoisotopic (exact) mass is 126 g/mol. The zero-order valence-electron chi connectivity index (χ0n) is 5.46. The fourth-order valence-corrected chi connectivity index (χ4v) is 0.533. The van der Waals surface area contributed by atoms with E-state index < -0.39 is 0 Å². The topological polar surface area (TPSA) is 34.1 Å². The zero-order valence-corrected chi connectivity index (χ0v) is 5.46. The highest BCUT2D eigenvalue weighted by Gasteiger charge is 1.89. The minimum absolute atomic E-state index is 0.384. The van der Waals surface area contributed by atoms with E-state index >= 15 is 0 Å². The third-order valence-electron chi connectivity index (χ3n) is 1.10. The van der Waals surface area contributed by atoms with E-state index in [0.29, 0.717) is 12.7 Å². The van der Waals surface area contributed by atoms with Gasteiger partial charge in [-0.1, -0.05) is 12.5 Å². The normalized spacial score (nSPS) is 11.0. The summed E-state index contributed by atoms with van der Waals surface area (Å²) in [5.41, 5.74) is 0.889. The van der Waals surface area contributed by atoms with Crippen molar-refractivity contribution < 1.29 is 9.59 Å². The maximum absolute atomic E-state index is 9.89. The lowest BCUT2D eigenvalue weighted by Crippen LogP contribution is -1.82. The van der Waals surface area contributed by atoms with E-state index in [4.69, 9.17) is 0 Å². The van der Waals surface area contributed by atoms with Crippen molar-refractivity contribution in [3.63, 3.8) is 0 Å². The number of allylic oxidation sites excluding steroid dienone is 2. The Kier molecular flexibility index (Phi) is 4.69. The number of carbonyl (C=O) groups excluding carboxylic acids is 2. The molecular weight excluding hydrogens is 116 g/mol. The van der Waals surface area contributed by atoms with Gasteiger partial charge in [0.05, 0.1) is 0 Å². The van der Waals surface area contributed by atoms with Crippen LogP contribution in [0.5, 0.6) is 0 Å². The molecule has 0 aliphatic rings. The predicted molar refractivity (Wildman–Crippen MR) is 35.1 cm³/mol. The van der Waals surface area contributed by atoms with E-state index in [9.17, 15) is 9.59 Å². The van der Waals surface area contributed by atoms with Gasteiger partial charge in [-0.25, -0.2) is 0 Å². The average molecular weight is 126 g/mol. The van der Waals surface area contributed by atoms with Crippen molar-refractivity contribution in [2.75, 3.05) is 0 Å². The summed E-state index contributed by atoms with van der Waals surface area (Å²) < 4.78 is 0. The average Bonchev–Trinajstić information content (AvgIpc) is 1.88. The molecule has 0 aromatic carbocycles. The molecule has 0 unspecified atom stereocenters. The van der Waals surface area contributed by atoms with Crippen molar-refractivity contribution in [1.82, 2.24) is 0 Å². The van der Waals surface area contributed by atoms with Crippen LogP contribution in [0.4, 0.5) is 0 Å². The second-order valence-electron chi connectivity index (χ2n) is 1.69. The predicted octanol–water partition coefficient (Wildman–Crippen LogP) is 1.11. The third-order valence-corrected chi connectivity index (χ3v) is 1.10. The summed E-state index contributed by atoms with van der Waals surface area (Å²) >= 11 is 0. The largest absolute Gasteiger partial charge is 0.303 e. The highest BCUT2D eigenvalue weighted by molar-refractivity contribution is 5.68. The SMILES string of the molecule is CCC(=CC=O)CC=O. The summed E-state index contributed by atoms with van der Waals surface area (Å²) in [6, 6.07) is 0. The summed E-state index contributed by atoms with van der Waals surface area (Å²) in [5, 5.41) is 0. The van der Waals surface area contributed by atoms with Crippen LogP contribution in [0, 0.1) is 0 Å². The molecule has 0 fully saturated rings. The first-order chi connectivity index (χ1) is 4.35. The zero-order chi connectivity index (χ0) is 7.11. The van der Waals surface area contributed by atoms with Crippen molar-refractivity contribution in [3.8, 4) is 0 Å². The fraction of sp³-hybridized carbons (Fsp3) is 0.429. The Morgan fingerprint density at radius 3 is 2.44 bits per heavy atom. The van der Waals surface area contributed by atoms with Gasteiger partial charge >= 0.3 is 0 Å². The molecule has 2 heteroatoms. The van der Waals surface area contributed by atoms with Crippen molar-refractivity contribution in [1.29, 1.82) is 0 Å². The molecule has 2 nitrogen and oxygen atoms in total. The van der Waals surface area contributed by atoms with Gasteiger partial charge in [0.2, 0.25) is 0 Å². The van der Waals surface area contributed by atoms with Crippen LogP contribution in [0.3, 0.4) is 0 Å². The smallest absolute Gasteiger partial charge is 0.142 e. The van der Waals surface area contributed by atoms with Crippen LogP contribution in [0.15, 0.2) is 11.6 Å². The third kappa shape index (κ3) is 3.64. The number of carbonyl (C=O) groups is 2. The second kappa shape index (κ2) is 5.22. The van der Waals surface area contributed by atoms with Crippen molar-refractivity contribution in [3.05, 3.63) is 11.6 Å². The van der Waals surface area contributed by atoms with E-state index in [2.05, 4.69) is 0 Å². The number of hydrogen-bond donors (Lipinski definition) is 0. The Bertz CT molecular complexity index is 125. The Hall–Kier alpha value is -0.920. The van der Waals surface area contributed by atoms with Crippen molar-refractivity contribution >= 4 is 12.6 Å². The minimum Gasteiger partial charge on any atom is -0.303 e. The molecule has 0 amide bonds. The van der Waals surface area contributed by atoms with E-state index in [1.807, 2.05) is 6.92 Å². The van der Waals surface area contributed by atoms with Gasteiger partial charge in [-0.15, -0.1) is 0 Å². The van der Waals surface area contributed by atoms with Gasteiger partial charge in [0.1, 0.15) is 12.6 Å². The van der Waals surface area contributed by atoms with Crippen LogP contribution in [0.2, 0.25) is 0 Å². The molecule has 0 atom stereocenters. The summed E-state index contributed by atoms with van der Waals surface area (Å²) in [5.74, 6) is 0. The van der Waals surface area contributed by atoms with Gasteiger partial charge in [0, 0.05) is 6.42 Å². The lowest BCUT2D eigenvalue weighted by Gasteiger charge is -1.92. The van der Waals surface area contributed by atoms with Gasteiger partial charge in [-0.05, 0) is 12.5 Å². The van der Waals surface area contributed by atoms with Gasteiger partial charge in [-0.2, -0.15) is 0 Å². The number of aldehydes is 2. The number of hydrogen-bond acceptors (Lipinski definition) is 2. The maximum atomic E-state index is 9.89. The molecule has 0 aliphatic carbocycles. The lowest BCUT2D eigenvalue weighted by atomic mass is 10.1. The highest BCUT2D eigenvalue weighted by atomic mass is 16.1. The van der Waals surface area contributed by atoms with E-state index in [-0.39, 0.29) is 0 Å². The van der Waals surface area contributed by atoms with Crippen LogP contribution in [-0.4, -0.2) is 12.6 Å². The van der Waals surface area contributed by atoms with E-state index in [0.717, 1.165) is 18.3 Å². The van der Waals surface area contributed by atoms with Gasteiger partial charge < -0.3 is 4.79 Å². The molecular formula is C7H10O2. The van der Waals surface area contributed by atoms with Crippen LogP contribution in [-0.2, 0) is 9.59 Å². The molecule has 9 heavy (non-hydrogen) atoms. The Labute approximate surface area is 54.6 Å². The molecule has 50 valence electrons. The molecule has 0 heterocycles. The molecule has 0 rings (SSSR count). The first-order valence-electron chi connectivity index (χ1n) is 2.92. The number of rotatable bonds is 4. The highest BCUT2D eigenvalue weighted by Crippen LogP contribution is 2.01. The first-order valence-corrected chi connectivity index (χ1v) is 2.92. The molecule has 0 spiro atoms. The van der Waals surface area contributed by atoms with Crippen molar-refractivity contribution in [2.24, 2.45) is 0 Å². The Balaban J connectivity index is 3.79. The quantitative estimate of drug-likeness (QED) is 0.417. The van der Waals surface area contributed by atoms with Gasteiger partial charge in [0.25, 0.3) is 0 Å². The summed E-state index contributed by atoms with van der Waals surface area (Å²) in [4.78, 5) is 19.7. The fourth-order valence-electron chi connectivity index (χ4n) is 0.533. The second-order valence-corrected chi connectivity index (χ2v) is 1.69. The standard InChI is InChI=1S/C7H10O2/c1-2-7(3-5-8)4-6-9/h3,5-6H,2,4H2,1H3. The molecule has 0 aromatic heterocycles. The van der Waals surface area contributed by atoms with Crippen LogP contribution in [0.1, 0.15) is 19.8 Å². The van der Waals surface area contributed by atoms with Gasteiger partial charge in [-0.3, -0.25) is 4.79 Å². The molecule has 0 radical (unpaired) electrons. The molecule has 0 N–H and O–H groups in total. The van der Waals surface area contributed by atoms with Crippen LogP contribution >= 0.6 is 0 Å². The van der Waals surface area contributed by atoms with Gasteiger partial charge in [0.15, 0.2) is 0 Å². The first kappa shape index (κ1) is 8.08. The van der Waals surface area contributed by atoms with Crippen LogP contribution < -0.4 is 0 Å². The Morgan fingerprint density at radius 2 is 2.11 bits per heavy atom. The molecule has 0 aliphatic heterocycles. The molecule has 0 bridgehead atoms.